The number of hydrogen-bond acceptors (Lipinski definition) is 7. The summed E-state index contributed by atoms with van der Waals surface area (Å²) in [7, 11) is 0. The number of nitrogens with two attached hydrogens (primary N) is 1. The van der Waals surface area contributed by atoms with Crippen molar-refractivity contribution in [2.45, 2.75) is 31.5 Å². The maximum absolute atomic E-state index is 13.0. The lowest BCUT2D eigenvalue weighted by Crippen LogP contribution is -2.36. The van der Waals surface area contributed by atoms with E-state index in [-0.39, 0.29) is 17.9 Å². The van der Waals surface area contributed by atoms with Crippen LogP contribution in [0.15, 0.2) is 54.9 Å². The van der Waals surface area contributed by atoms with Crippen LogP contribution in [0, 0.1) is 18.8 Å². The molecule has 0 aliphatic heterocycles. The summed E-state index contributed by atoms with van der Waals surface area (Å²) in [6, 6.07) is 12.1. The Balaban J connectivity index is 1.53. The Labute approximate surface area is 203 Å². The van der Waals surface area contributed by atoms with E-state index >= 15 is 0 Å². The molecule has 1 atom stereocenters. The molecular weight excluding hydrogens is 471 g/mol. The van der Waals surface area contributed by atoms with Crippen LogP contribution in [-0.4, -0.2) is 32.1 Å². The summed E-state index contributed by atoms with van der Waals surface area (Å²) < 4.78 is 44.1. The normalized spacial score (nSPS) is 16.8. The van der Waals surface area contributed by atoms with Crippen LogP contribution in [0.4, 0.5) is 19.0 Å². The standard InChI is InChI=1S/C26H18F3N5O2/c1-15-12-19-14-32-23(34-20(19)22(30)33-15)18-5-2-4-16(13-18)7-9-25(36-24(35)26(27,28)29)10-8-17-6-3-11-31-21(17)25/h2-6,11-14H,8,10H2,1H3,(H2,30,33)/t25-/m0/s1. The number of ether oxygens (including phenoxy) is 1. The molecule has 1 aliphatic carbocycles. The highest BCUT2D eigenvalue weighted by Crippen LogP contribution is 2.40. The average molecular weight is 489 g/mol. The molecule has 0 spiro atoms. The van der Waals surface area contributed by atoms with E-state index in [9.17, 15) is 18.0 Å². The first-order valence-corrected chi connectivity index (χ1v) is 10.9. The van der Waals surface area contributed by atoms with E-state index in [0.717, 1.165) is 11.1 Å². The monoisotopic (exact) mass is 489 g/mol. The van der Waals surface area contributed by atoms with Crippen LogP contribution in [0.25, 0.3) is 22.3 Å². The Kier molecular flexibility index (Phi) is 5.55. The Morgan fingerprint density at radius 2 is 1.97 bits per heavy atom. The van der Waals surface area contributed by atoms with Crippen molar-refractivity contribution in [2.75, 3.05) is 5.73 Å². The van der Waals surface area contributed by atoms with Crippen LogP contribution in [-0.2, 0) is 21.6 Å². The van der Waals surface area contributed by atoms with Crippen molar-refractivity contribution < 1.29 is 22.7 Å². The Morgan fingerprint density at radius 3 is 2.78 bits per heavy atom. The fourth-order valence-electron chi connectivity index (χ4n) is 4.15. The molecule has 7 nitrogen and oxygen atoms in total. The van der Waals surface area contributed by atoms with Crippen molar-refractivity contribution in [1.82, 2.24) is 19.9 Å². The molecule has 1 aromatic carbocycles. The van der Waals surface area contributed by atoms with Crippen molar-refractivity contribution in [2.24, 2.45) is 0 Å². The molecule has 2 N–H and O–H groups in total. The van der Waals surface area contributed by atoms with Crippen molar-refractivity contribution in [3.05, 3.63) is 77.4 Å². The number of rotatable bonds is 2. The number of carbonyl (C=O) groups is 1. The van der Waals surface area contributed by atoms with E-state index in [1.807, 2.05) is 13.0 Å². The molecule has 0 amide bonds. The van der Waals surface area contributed by atoms with Gasteiger partial charge in [-0.3, -0.25) is 4.98 Å². The second-order valence-electron chi connectivity index (χ2n) is 8.34. The molecule has 0 bridgehead atoms. The number of aromatic nitrogens is 4. The highest BCUT2D eigenvalue weighted by molar-refractivity contribution is 5.88. The predicted molar refractivity (Wildman–Crippen MR) is 125 cm³/mol. The van der Waals surface area contributed by atoms with Crippen LogP contribution >= 0.6 is 0 Å². The van der Waals surface area contributed by atoms with Gasteiger partial charge in [0.05, 0.1) is 5.69 Å². The highest BCUT2D eigenvalue weighted by Gasteiger charge is 2.50. The quantitative estimate of drug-likeness (QED) is 0.331. The second-order valence-corrected chi connectivity index (χ2v) is 8.34. The Hall–Kier alpha value is -4.52. The fourth-order valence-corrected chi connectivity index (χ4v) is 4.15. The van der Waals surface area contributed by atoms with E-state index < -0.39 is 17.7 Å². The topological polar surface area (TPSA) is 104 Å². The fraction of sp³-hybridized carbons (Fsp3) is 0.192. The first kappa shape index (κ1) is 23.2. The van der Waals surface area contributed by atoms with Crippen LogP contribution in [0.3, 0.4) is 0 Å². The number of fused-ring (bicyclic) bond motifs is 2. The van der Waals surface area contributed by atoms with Crippen LogP contribution in [0.5, 0.6) is 0 Å². The molecular formula is C26H18F3N5O2. The molecule has 5 rings (SSSR count). The maximum atomic E-state index is 13.0. The molecule has 0 saturated heterocycles. The molecule has 1 aliphatic rings. The smallest absolute Gasteiger partial charge is 0.433 e. The summed E-state index contributed by atoms with van der Waals surface area (Å²) in [5, 5.41) is 0.750. The lowest BCUT2D eigenvalue weighted by molar-refractivity contribution is -0.210. The van der Waals surface area contributed by atoms with Gasteiger partial charge in [0.15, 0.2) is 5.82 Å². The summed E-state index contributed by atoms with van der Waals surface area (Å²) >= 11 is 0. The number of halogens is 3. The van der Waals surface area contributed by atoms with Crippen LogP contribution < -0.4 is 5.73 Å². The summed E-state index contributed by atoms with van der Waals surface area (Å²) in [6.45, 7) is 1.82. The first-order chi connectivity index (χ1) is 17.1. The van der Waals surface area contributed by atoms with Crippen molar-refractivity contribution in [1.29, 1.82) is 0 Å². The minimum Gasteiger partial charge on any atom is -0.433 e. The van der Waals surface area contributed by atoms with Crippen molar-refractivity contribution in [3.63, 3.8) is 0 Å². The average Bonchev–Trinajstić information content (AvgIpc) is 3.21. The van der Waals surface area contributed by atoms with Gasteiger partial charge in [-0.05, 0) is 49.1 Å². The van der Waals surface area contributed by atoms with Gasteiger partial charge in [-0.15, -0.1) is 0 Å². The molecule has 180 valence electrons. The van der Waals surface area contributed by atoms with E-state index in [1.54, 1.807) is 42.6 Å². The van der Waals surface area contributed by atoms with Gasteiger partial charge >= 0.3 is 12.1 Å². The minimum absolute atomic E-state index is 0.0628. The molecule has 0 radical (unpaired) electrons. The summed E-state index contributed by atoms with van der Waals surface area (Å²) in [5.74, 6) is 3.99. The van der Waals surface area contributed by atoms with Crippen molar-refractivity contribution in [3.8, 4) is 23.2 Å². The third-order valence-electron chi connectivity index (χ3n) is 5.77. The summed E-state index contributed by atoms with van der Waals surface area (Å²) in [4.78, 5) is 29.1. The van der Waals surface area contributed by atoms with E-state index in [2.05, 4.69) is 31.8 Å². The number of hydrogen-bond donors (Lipinski definition) is 1. The summed E-state index contributed by atoms with van der Waals surface area (Å²) in [6.07, 6.45) is -1.64. The molecule has 0 unspecified atom stereocenters. The predicted octanol–water partition coefficient (Wildman–Crippen LogP) is 4.28. The number of benzene rings is 1. The van der Waals surface area contributed by atoms with Gasteiger partial charge < -0.3 is 10.5 Å². The number of nitrogens with zero attached hydrogens (tertiary/aromatic N) is 4. The zero-order chi connectivity index (χ0) is 25.5. The van der Waals surface area contributed by atoms with Gasteiger partial charge in [0.2, 0.25) is 5.60 Å². The van der Waals surface area contributed by atoms with Crippen LogP contribution in [0.1, 0.15) is 28.9 Å². The number of anilines is 1. The van der Waals surface area contributed by atoms with Gasteiger partial charge in [-0.2, -0.15) is 13.2 Å². The third kappa shape index (κ3) is 4.31. The molecule has 4 aromatic rings. The maximum Gasteiger partial charge on any atom is 0.490 e. The Bertz CT molecular complexity index is 1580. The Morgan fingerprint density at radius 1 is 1.14 bits per heavy atom. The lowest BCUT2D eigenvalue weighted by atomic mass is 10.00. The summed E-state index contributed by atoms with van der Waals surface area (Å²) in [5.41, 5.74) is 7.45. The molecule has 0 fully saturated rings. The van der Waals surface area contributed by atoms with Crippen molar-refractivity contribution >= 4 is 22.7 Å². The van der Waals surface area contributed by atoms with E-state index in [0.29, 0.717) is 34.5 Å². The van der Waals surface area contributed by atoms with Gasteiger partial charge in [0.1, 0.15) is 11.3 Å². The SMILES string of the molecule is Cc1cc2cnc(-c3cccc(C#C[C@]4(OC(=O)C(F)(F)F)CCc5cccnc54)c3)nc2c(N)n1. The molecule has 3 heterocycles. The zero-order valence-corrected chi connectivity index (χ0v) is 18.9. The molecule has 3 aromatic heterocycles. The zero-order valence-electron chi connectivity index (χ0n) is 18.9. The largest absolute Gasteiger partial charge is 0.490 e. The molecule has 36 heavy (non-hydrogen) atoms. The number of aryl methyl sites for hydroxylation is 2. The number of carbonyl (C=O) groups excluding carboxylic acids is 1. The third-order valence-corrected chi connectivity index (χ3v) is 5.77. The van der Waals surface area contributed by atoms with Gasteiger partial charge in [-0.1, -0.05) is 24.1 Å². The van der Waals surface area contributed by atoms with Crippen LogP contribution in [0.2, 0.25) is 0 Å². The number of nitrogen functional groups attached to an aromatic ring is 1. The van der Waals surface area contributed by atoms with Gasteiger partial charge in [0, 0.05) is 41.0 Å². The van der Waals surface area contributed by atoms with E-state index in [4.69, 9.17) is 10.5 Å². The van der Waals surface area contributed by atoms with Gasteiger partial charge in [-0.25, -0.2) is 19.7 Å². The molecule has 0 saturated carbocycles. The van der Waals surface area contributed by atoms with Gasteiger partial charge in [0.25, 0.3) is 0 Å². The number of esters is 1. The lowest BCUT2D eigenvalue weighted by Gasteiger charge is -2.24. The second kappa shape index (κ2) is 8.61. The number of pyridine rings is 2. The first-order valence-electron chi connectivity index (χ1n) is 10.9. The minimum atomic E-state index is -5.16. The molecule has 10 heteroatoms. The van der Waals surface area contributed by atoms with E-state index in [1.165, 1.54) is 6.20 Å². The number of alkyl halides is 3. The highest BCUT2D eigenvalue weighted by atomic mass is 19.4.